The predicted octanol–water partition coefficient (Wildman–Crippen LogP) is 7.84. The molecule has 5 nitrogen and oxygen atoms in total. The number of ether oxygens (including phenoxy) is 2. The van der Waals surface area contributed by atoms with Crippen molar-refractivity contribution in [2.45, 2.75) is 13.2 Å². The van der Waals surface area contributed by atoms with Crippen LogP contribution in [0.3, 0.4) is 0 Å². The number of carbonyl (C=O) groups is 1. The number of hydrogen-bond donors (Lipinski definition) is 1. The predicted molar refractivity (Wildman–Crippen MR) is 147 cm³/mol. The summed E-state index contributed by atoms with van der Waals surface area (Å²) in [6.07, 6.45) is 1.44. The number of benzene rings is 4. The van der Waals surface area contributed by atoms with Crippen LogP contribution in [0.4, 0.5) is 10.1 Å². The first-order valence-electron chi connectivity index (χ1n) is 11.5. The molecule has 0 unspecified atom stereocenters. The monoisotopic (exact) mass is 546 g/mol. The second-order valence-electron chi connectivity index (χ2n) is 8.17. The highest BCUT2D eigenvalue weighted by Gasteiger charge is 2.11. The summed E-state index contributed by atoms with van der Waals surface area (Å²) in [5.74, 6) is 0.173. The average Bonchev–Trinajstić information content (AvgIpc) is 2.92. The number of hydrogen-bond acceptors (Lipinski definition) is 4. The Morgan fingerprint density at radius 3 is 2.13 bits per heavy atom. The van der Waals surface area contributed by atoms with E-state index in [-0.39, 0.29) is 18.0 Å². The van der Waals surface area contributed by atoms with Gasteiger partial charge in [0.25, 0.3) is 5.91 Å². The second-order valence-corrected chi connectivity index (χ2v) is 9.01. The minimum atomic E-state index is -0.560. The van der Waals surface area contributed by atoms with Crippen molar-refractivity contribution >= 4 is 40.9 Å². The zero-order chi connectivity index (χ0) is 26.9. The lowest BCUT2D eigenvalue weighted by atomic mass is 10.1. The number of nitriles is 1. The Morgan fingerprint density at radius 2 is 1.50 bits per heavy atom. The van der Waals surface area contributed by atoms with Crippen LogP contribution in [0.2, 0.25) is 10.0 Å². The lowest BCUT2D eigenvalue weighted by molar-refractivity contribution is -0.112. The highest BCUT2D eigenvalue weighted by Crippen LogP contribution is 2.27. The van der Waals surface area contributed by atoms with E-state index in [1.807, 2.05) is 18.2 Å². The molecule has 0 spiro atoms. The molecular formula is C30H21Cl2FN2O3. The number of halogens is 3. The van der Waals surface area contributed by atoms with Crippen LogP contribution in [0, 0.1) is 17.1 Å². The third-order valence-electron chi connectivity index (χ3n) is 5.37. The van der Waals surface area contributed by atoms with E-state index in [4.69, 9.17) is 32.7 Å². The van der Waals surface area contributed by atoms with E-state index in [1.165, 1.54) is 18.2 Å². The topological polar surface area (TPSA) is 71.3 Å². The summed E-state index contributed by atoms with van der Waals surface area (Å²) in [4.78, 5) is 12.7. The summed E-state index contributed by atoms with van der Waals surface area (Å²) in [6.45, 7) is 0.592. The van der Waals surface area contributed by atoms with Crippen LogP contribution in [0.5, 0.6) is 11.5 Å². The number of carbonyl (C=O) groups excluding carboxylic acids is 1. The van der Waals surface area contributed by atoms with E-state index < -0.39 is 5.91 Å². The number of nitrogens with one attached hydrogen (secondary N) is 1. The molecule has 38 heavy (non-hydrogen) atoms. The molecule has 8 heteroatoms. The first kappa shape index (κ1) is 26.7. The smallest absolute Gasteiger partial charge is 0.266 e. The van der Waals surface area contributed by atoms with E-state index in [9.17, 15) is 14.4 Å². The van der Waals surface area contributed by atoms with Crippen LogP contribution < -0.4 is 14.8 Å². The molecule has 0 radical (unpaired) electrons. The van der Waals surface area contributed by atoms with Gasteiger partial charge in [-0.1, -0.05) is 53.5 Å². The van der Waals surface area contributed by atoms with E-state index in [0.717, 1.165) is 11.1 Å². The van der Waals surface area contributed by atoms with E-state index >= 15 is 0 Å². The van der Waals surface area contributed by atoms with Crippen LogP contribution in [-0.4, -0.2) is 5.91 Å². The van der Waals surface area contributed by atoms with Gasteiger partial charge in [-0.2, -0.15) is 5.26 Å². The molecule has 4 aromatic carbocycles. The van der Waals surface area contributed by atoms with Gasteiger partial charge < -0.3 is 14.8 Å². The van der Waals surface area contributed by atoms with Crippen molar-refractivity contribution in [3.8, 4) is 17.6 Å². The molecule has 0 heterocycles. The van der Waals surface area contributed by atoms with E-state index in [2.05, 4.69) is 5.32 Å². The number of anilines is 1. The van der Waals surface area contributed by atoms with Gasteiger partial charge in [0.05, 0.1) is 5.02 Å². The Hall–Kier alpha value is -4.31. The lowest BCUT2D eigenvalue weighted by Gasteiger charge is -2.10. The van der Waals surface area contributed by atoms with Crippen molar-refractivity contribution in [2.24, 2.45) is 0 Å². The van der Waals surface area contributed by atoms with Gasteiger partial charge in [-0.05, 0) is 83.4 Å². The lowest BCUT2D eigenvalue weighted by Crippen LogP contribution is -2.13. The van der Waals surface area contributed by atoms with Crippen molar-refractivity contribution in [3.63, 3.8) is 0 Å². The second kappa shape index (κ2) is 12.8. The maximum absolute atomic E-state index is 13.1. The molecule has 0 aliphatic rings. The van der Waals surface area contributed by atoms with Gasteiger partial charge in [-0.25, -0.2) is 4.39 Å². The molecule has 4 aromatic rings. The van der Waals surface area contributed by atoms with Crippen LogP contribution in [0.1, 0.15) is 16.7 Å². The molecule has 0 aliphatic heterocycles. The number of amides is 1. The molecular weight excluding hydrogens is 526 g/mol. The third-order valence-corrected chi connectivity index (χ3v) is 5.92. The molecule has 0 bridgehead atoms. The fourth-order valence-electron chi connectivity index (χ4n) is 3.36. The molecule has 190 valence electrons. The van der Waals surface area contributed by atoms with Gasteiger partial charge >= 0.3 is 0 Å². The molecule has 0 aromatic heterocycles. The maximum atomic E-state index is 13.1. The minimum absolute atomic E-state index is 0.0934. The van der Waals surface area contributed by atoms with E-state index in [0.29, 0.717) is 39.4 Å². The van der Waals surface area contributed by atoms with Gasteiger partial charge in [0.1, 0.15) is 42.2 Å². The zero-order valence-electron chi connectivity index (χ0n) is 20.0. The Labute approximate surface area is 229 Å². The fraction of sp³-hybridized carbons (Fsp3) is 0.0667. The minimum Gasteiger partial charge on any atom is -0.489 e. The molecule has 0 fully saturated rings. The van der Waals surface area contributed by atoms with Crippen molar-refractivity contribution in [3.05, 3.63) is 129 Å². The van der Waals surface area contributed by atoms with Crippen molar-refractivity contribution < 1.29 is 18.7 Å². The summed E-state index contributed by atoms with van der Waals surface area (Å²) < 4.78 is 24.5. The van der Waals surface area contributed by atoms with Crippen LogP contribution >= 0.6 is 23.2 Å². The average molecular weight is 547 g/mol. The summed E-state index contributed by atoms with van der Waals surface area (Å²) >= 11 is 12.2. The summed E-state index contributed by atoms with van der Waals surface area (Å²) in [5.41, 5.74) is 2.74. The number of nitrogens with zero attached hydrogens (tertiary/aromatic N) is 1. The molecule has 0 aliphatic carbocycles. The van der Waals surface area contributed by atoms with Gasteiger partial charge in [-0.15, -0.1) is 0 Å². The largest absolute Gasteiger partial charge is 0.489 e. The molecule has 1 amide bonds. The van der Waals surface area contributed by atoms with Gasteiger partial charge in [-0.3, -0.25) is 4.79 Å². The van der Waals surface area contributed by atoms with Gasteiger partial charge in [0, 0.05) is 10.7 Å². The van der Waals surface area contributed by atoms with E-state index in [1.54, 1.807) is 66.7 Å². The first-order chi connectivity index (χ1) is 18.4. The van der Waals surface area contributed by atoms with Gasteiger partial charge in [0.15, 0.2) is 0 Å². The Balaban J connectivity index is 1.34. The highest BCUT2D eigenvalue weighted by molar-refractivity contribution is 6.32. The Bertz CT molecular complexity index is 1480. The summed E-state index contributed by atoms with van der Waals surface area (Å²) in [6, 6.07) is 27.0. The maximum Gasteiger partial charge on any atom is 0.266 e. The van der Waals surface area contributed by atoms with Crippen LogP contribution in [-0.2, 0) is 18.0 Å². The van der Waals surface area contributed by atoms with Crippen molar-refractivity contribution in [2.75, 3.05) is 5.32 Å². The third kappa shape index (κ3) is 7.59. The molecule has 4 rings (SSSR count). The first-order valence-corrected chi connectivity index (χ1v) is 12.2. The molecule has 0 atom stereocenters. The van der Waals surface area contributed by atoms with Crippen LogP contribution in [0.25, 0.3) is 6.08 Å². The standard InChI is InChI=1S/C30H21Cl2FN2O3/c31-24-6-1-20(2-7-24)18-37-27-12-10-26(11-13-27)35-30(36)23(17-34)15-22-5-14-29(28(32)16-22)38-19-21-3-8-25(33)9-4-21/h1-16H,18-19H2,(H,35,36)/b23-15+. The highest BCUT2D eigenvalue weighted by atomic mass is 35.5. The molecule has 1 N–H and O–H groups in total. The fourth-order valence-corrected chi connectivity index (χ4v) is 3.73. The summed E-state index contributed by atoms with van der Waals surface area (Å²) in [5, 5.41) is 13.2. The van der Waals surface area contributed by atoms with Crippen LogP contribution in [0.15, 0.2) is 96.6 Å². The Kier molecular flexibility index (Phi) is 8.99. The molecule has 0 saturated carbocycles. The zero-order valence-corrected chi connectivity index (χ0v) is 21.5. The SMILES string of the molecule is N#C/C(=C\c1ccc(OCc2ccc(F)cc2)c(Cl)c1)C(=O)Nc1ccc(OCc2ccc(Cl)cc2)cc1. The van der Waals surface area contributed by atoms with Crippen molar-refractivity contribution in [1.29, 1.82) is 5.26 Å². The van der Waals surface area contributed by atoms with Gasteiger partial charge in [0.2, 0.25) is 0 Å². The quantitative estimate of drug-likeness (QED) is 0.171. The normalized spacial score (nSPS) is 10.9. The van der Waals surface area contributed by atoms with Crippen molar-refractivity contribution in [1.82, 2.24) is 0 Å². The number of rotatable bonds is 9. The Morgan fingerprint density at radius 1 is 0.868 bits per heavy atom. The molecule has 0 saturated heterocycles. The summed E-state index contributed by atoms with van der Waals surface area (Å²) in [7, 11) is 0.